The fourth-order valence-electron chi connectivity index (χ4n) is 7.62. The Bertz CT molecular complexity index is 1390. The van der Waals surface area contributed by atoms with Gasteiger partial charge in [-0.15, -0.1) is 0 Å². The van der Waals surface area contributed by atoms with E-state index in [9.17, 15) is 28.8 Å². The molecule has 4 aliphatic rings. The molecule has 14 nitrogen and oxygen atoms in total. The summed E-state index contributed by atoms with van der Waals surface area (Å²) in [7, 11) is 0. The Morgan fingerprint density at radius 3 is 2.29 bits per heavy atom. The van der Waals surface area contributed by atoms with Gasteiger partial charge in [-0.25, -0.2) is 4.98 Å². The molecule has 2 heterocycles. The summed E-state index contributed by atoms with van der Waals surface area (Å²) in [5.74, 6) is -2.93. The Hall–Kier alpha value is -4.10. The number of nitrogens with one attached hydrogen (secondary N) is 4. The lowest BCUT2D eigenvalue weighted by Gasteiger charge is -2.38. The second-order valence-corrected chi connectivity index (χ2v) is 15.2. The Labute approximate surface area is 287 Å². The van der Waals surface area contributed by atoms with Crippen LogP contribution in [0.1, 0.15) is 102 Å². The van der Waals surface area contributed by atoms with Crippen molar-refractivity contribution in [2.45, 2.75) is 122 Å². The van der Waals surface area contributed by atoms with Crippen LogP contribution in [0, 0.1) is 23.2 Å². The first-order chi connectivity index (χ1) is 23.3. The summed E-state index contributed by atoms with van der Waals surface area (Å²) >= 11 is 0. The first kappa shape index (κ1) is 36.2. The van der Waals surface area contributed by atoms with Crippen molar-refractivity contribution < 1.29 is 33.5 Å². The molecule has 1 aromatic heterocycles. The largest absolute Gasteiger partial charge is 0.451 e. The molecule has 4 N–H and O–H groups in total. The first-order valence-electron chi connectivity index (χ1n) is 17.8. The molecule has 0 spiro atoms. The number of aromatic nitrogens is 2. The van der Waals surface area contributed by atoms with Gasteiger partial charge in [0.15, 0.2) is 6.10 Å². The molecule has 1 aliphatic heterocycles. The molecule has 0 radical (unpaired) electrons. The highest BCUT2D eigenvalue weighted by molar-refractivity contribution is 5.98. The summed E-state index contributed by atoms with van der Waals surface area (Å²) in [5, 5.41) is 11.5. The number of ether oxygens (including phenoxy) is 1. The summed E-state index contributed by atoms with van der Waals surface area (Å²) < 4.78 is 5.24. The molecule has 3 saturated carbocycles. The van der Waals surface area contributed by atoms with Crippen molar-refractivity contribution in [3.8, 4) is 0 Å². The second kappa shape index (κ2) is 15.6. The minimum Gasteiger partial charge on any atom is -0.451 e. The van der Waals surface area contributed by atoms with Crippen LogP contribution in [0.15, 0.2) is 18.6 Å². The summed E-state index contributed by atoms with van der Waals surface area (Å²) in [6, 6.07) is -2.64. The smallest absolute Gasteiger partial charge is 0.303 e. The van der Waals surface area contributed by atoms with E-state index in [4.69, 9.17) is 4.74 Å². The van der Waals surface area contributed by atoms with Gasteiger partial charge < -0.3 is 30.9 Å². The maximum Gasteiger partial charge on any atom is 0.303 e. The van der Waals surface area contributed by atoms with Gasteiger partial charge in [-0.3, -0.25) is 33.8 Å². The van der Waals surface area contributed by atoms with E-state index in [1.54, 1.807) is 4.90 Å². The van der Waals surface area contributed by atoms with Crippen LogP contribution < -0.4 is 21.3 Å². The Morgan fingerprint density at radius 1 is 0.918 bits per heavy atom. The number of hydrogen-bond donors (Lipinski definition) is 4. The van der Waals surface area contributed by atoms with E-state index in [-0.39, 0.29) is 41.9 Å². The molecular weight excluding hydrogens is 630 g/mol. The Morgan fingerprint density at radius 2 is 1.65 bits per heavy atom. The van der Waals surface area contributed by atoms with Crippen LogP contribution in [-0.2, 0) is 28.7 Å². The predicted molar refractivity (Wildman–Crippen MR) is 177 cm³/mol. The average Bonchev–Trinajstić information content (AvgIpc) is 3.64. The number of esters is 1. The third kappa shape index (κ3) is 9.13. The second-order valence-electron chi connectivity index (χ2n) is 15.2. The highest BCUT2D eigenvalue weighted by Gasteiger charge is 2.52. The maximum absolute atomic E-state index is 14.5. The van der Waals surface area contributed by atoms with Gasteiger partial charge in [0.25, 0.3) is 11.8 Å². The van der Waals surface area contributed by atoms with Crippen molar-refractivity contribution in [1.82, 2.24) is 36.1 Å². The van der Waals surface area contributed by atoms with Gasteiger partial charge in [0.2, 0.25) is 17.7 Å². The zero-order chi connectivity index (χ0) is 35.3. The van der Waals surface area contributed by atoms with Gasteiger partial charge in [0, 0.05) is 31.9 Å². The molecule has 5 amide bonds. The highest BCUT2D eigenvalue weighted by atomic mass is 16.5. The minimum atomic E-state index is -1.19. The van der Waals surface area contributed by atoms with Crippen molar-refractivity contribution in [1.29, 1.82) is 0 Å². The Balaban J connectivity index is 1.33. The van der Waals surface area contributed by atoms with Crippen LogP contribution in [-0.4, -0.2) is 93.7 Å². The van der Waals surface area contributed by atoms with Crippen molar-refractivity contribution in [3.05, 3.63) is 24.3 Å². The molecule has 3 unspecified atom stereocenters. The average molecular weight is 682 g/mol. The molecular formula is C35H51N7O7. The van der Waals surface area contributed by atoms with Gasteiger partial charge in [-0.1, -0.05) is 46.5 Å². The molecule has 0 aromatic carbocycles. The maximum atomic E-state index is 14.5. The van der Waals surface area contributed by atoms with E-state index in [0.717, 1.165) is 64.2 Å². The summed E-state index contributed by atoms with van der Waals surface area (Å²) in [5.41, 5.74) is -0.642. The highest BCUT2D eigenvalue weighted by Crippen LogP contribution is 2.43. The molecule has 1 aromatic rings. The zero-order valence-electron chi connectivity index (χ0n) is 29.0. The predicted octanol–water partition coefficient (Wildman–Crippen LogP) is 1.64. The molecule has 268 valence electrons. The number of fused-ring (bicyclic) bond motifs is 1. The van der Waals surface area contributed by atoms with E-state index in [2.05, 4.69) is 31.2 Å². The fraction of sp³-hybridized carbons (Fsp3) is 0.714. The number of amides is 5. The number of hydrogen-bond acceptors (Lipinski definition) is 9. The number of likely N-dealkylation sites (tertiary alicyclic amines) is 1. The van der Waals surface area contributed by atoms with E-state index < -0.39 is 59.2 Å². The van der Waals surface area contributed by atoms with E-state index in [1.807, 2.05) is 20.8 Å². The van der Waals surface area contributed by atoms with Gasteiger partial charge >= 0.3 is 5.97 Å². The molecule has 5 rings (SSSR count). The molecule has 6 atom stereocenters. The van der Waals surface area contributed by atoms with Crippen LogP contribution in [0.4, 0.5) is 0 Å². The number of carbonyl (C=O) groups excluding carboxylic acids is 6. The van der Waals surface area contributed by atoms with E-state index >= 15 is 0 Å². The van der Waals surface area contributed by atoms with Gasteiger partial charge in [-0.2, -0.15) is 0 Å². The van der Waals surface area contributed by atoms with Crippen molar-refractivity contribution in [2.75, 3.05) is 13.1 Å². The van der Waals surface area contributed by atoms with Gasteiger partial charge in [-0.05, 0) is 61.7 Å². The van der Waals surface area contributed by atoms with Crippen molar-refractivity contribution >= 4 is 35.5 Å². The molecule has 0 bridgehead atoms. The molecule has 14 heteroatoms. The number of rotatable bonds is 12. The van der Waals surface area contributed by atoms with Gasteiger partial charge in [0.05, 0.1) is 12.7 Å². The SMILES string of the molecule is CC(=O)OC(CNC(=O)C1[C@H]2CCC[C@H]2CN1C(=O)[C@@H](NC(=O)C(NC(=O)c1cnccn1)C1CCCCC1)C(C)(C)C)C(=O)NC1CC1. The monoisotopic (exact) mass is 681 g/mol. The topological polar surface area (TPSA) is 189 Å². The zero-order valence-corrected chi connectivity index (χ0v) is 29.0. The van der Waals surface area contributed by atoms with Crippen LogP contribution in [0.25, 0.3) is 0 Å². The normalized spacial score (nSPS) is 24.2. The minimum absolute atomic E-state index is 0.0473. The van der Waals surface area contributed by atoms with Crippen molar-refractivity contribution in [2.24, 2.45) is 23.2 Å². The summed E-state index contributed by atoms with van der Waals surface area (Å²) in [6.45, 7) is 6.93. The molecule has 3 aliphatic carbocycles. The lowest BCUT2D eigenvalue weighted by atomic mass is 9.82. The van der Waals surface area contributed by atoms with E-state index in [1.165, 1.54) is 25.5 Å². The van der Waals surface area contributed by atoms with Crippen LogP contribution >= 0.6 is 0 Å². The van der Waals surface area contributed by atoms with E-state index in [0.29, 0.717) is 6.54 Å². The lowest BCUT2D eigenvalue weighted by Crippen LogP contribution is -2.62. The number of nitrogens with zero attached hydrogens (tertiary/aromatic N) is 3. The molecule has 1 saturated heterocycles. The molecule has 49 heavy (non-hydrogen) atoms. The first-order valence-corrected chi connectivity index (χ1v) is 17.8. The summed E-state index contributed by atoms with van der Waals surface area (Å²) in [6.07, 6.45) is 11.8. The standard InChI is InChI=1S/C35H51N7O7/c1-20(43)49-26(31(45)39-23-13-14-23)18-38-33(47)28-24-12-8-11-22(24)19-42(28)34(48)29(35(2,3)4)41-32(46)27(21-9-6-5-7-10-21)40-30(44)25-17-36-15-16-37-25/h15-17,21-24,26-29H,5-14,18-19H2,1-4H3,(H,38,47)(H,39,45)(H,40,44)(H,41,46)/t22-,24-,26?,27?,28?,29+/m0/s1. The van der Waals surface area contributed by atoms with Crippen molar-refractivity contribution in [3.63, 3.8) is 0 Å². The quantitative estimate of drug-likeness (QED) is 0.238. The third-order valence-electron chi connectivity index (χ3n) is 10.3. The van der Waals surface area contributed by atoms with Crippen LogP contribution in [0.5, 0.6) is 0 Å². The molecule has 4 fully saturated rings. The number of carbonyl (C=O) groups is 6. The van der Waals surface area contributed by atoms with Crippen LogP contribution in [0.2, 0.25) is 0 Å². The fourth-order valence-corrected chi connectivity index (χ4v) is 7.62. The lowest BCUT2D eigenvalue weighted by molar-refractivity contribution is -0.154. The summed E-state index contributed by atoms with van der Waals surface area (Å²) in [4.78, 5) is 89.8. The van der Waals surface area contributed by atoms with Crippen LogP contribution in [0.3, 0.4) is 0 Å². The van der Waals surface area contributed by atoms with Gasteiger partial charge in [0.1, 0.15) is 23.8 Å². The Kier molecular flexibility index (Phi) is 11.5. The third-order valence-corrected chi connectivity index (χ3v) is 10.3.